The number of carbonyl (C=O) groups excluding carboxylic acids is 1. The molecule has 4 heteroatoms. The fraction of sp³-hybridized carbons (Fsp3) is 0.833. The van der Waals surface area contributed by atoms with Gasteiger partial charge in [-0.15, -0.1) is 0 Å². The van der Waals surface area contributed by atoms with Crippen molar-refractivity contribution in [3.63, 3.8) is 0 Å². The van der Waals surface area contributed by atoms with Crippen molar-refractivity contribution in [2.45, 2.75) is 18.6 Å². The molecule has 0 saturated carbocycles. The molecule has 2 saturated heterocycles. The third kappa shape index (κ3) is 0.844. The molecule has 0 aliphatic carbocycles. The van der Waals surface area contributed by atoms with Gasteiger partial charge in [0.15, 0.2) is 0 Å². The van der Waals surface area contributed by atoms with Crippen LogP contribution < -0.4 is 10.6 Å². The molecule has 2 N–H and O–H groups in total. The molecule has 4 nitrogen and oxygen atoms in total. The highest BCUT2D eigenvalue weighted by Gasteiger charge is 2.35. The van der Waals surface area contributed by atoms with Crippen LogP contribution in [0.4, 0.5) is 4.79 Å². The molecule has 2 aliphatic heterocycles. The molecule has 1 amide bonds. The lowest BCUT2D eigenvalue weighted by molar-refractivity contribution is 0.117. The molecule has 0 bridgehead atoms. The summed E-state index contributed by atoms with van der Waals surface area (Å²) in [5, 5.41) is 5.91. The zero-order valence-corrected chi connectivity index (χ0v) is 5.59. The average molecular weight is 142 g/mol. The second-order valence-corrected chi connectivity index (χ2v) is 2.69. The Labute approximate surface area is 58.9 Å². The van der Waals surface area contributed by atoms with Crippen LogP contribution in [0.2, 0.25) is 0 Å². The van der Waals surface area contributed by atoms with Crippen molar-refractivity contribution in [2.75, 3.05) is 13.1 Å². The van der Waals surface area contributed by atoms with Crippen LogP contribution in [0.3, 0.4) is 0 Å². The van der Waals surface area contributed by atoms with Gasteiger partial charge in [-0.3, -0.25) is 0 Å². The molecule has 10 heavy (non-hydrogen) atoms. The molecule has 2 rings (SSSR count). The highest BCUT2D eigenvalue weighted by atomic mass is 16.6. The molecule has 0 unspecified atom stereocenters. The van der Waals surface area contributed by atoms with Crippen LogP contribution in [0, 0.1) is 0 Å². The van der Waals surface area contributed by atoms with E-state index in [2.05, 4.69) is 10.6 Å². The van der Waals surface area contributed by atoms with Crippen molar-refractivity contribution in [1.29, 1.82) is 0 Å². The summed E-state index contributed by atoms with van der Waals surface area (Å²) < 4.78 is 4.98. The van der Waals surface area contributed by atoms with Crippen molar-refractivity contribution in [2.24, 2.45) is 0 Å². The second-order valence-electron chi connectivity index (χ2n) is 2.69. The van der Waals surface area contributed by atoms with Gasteiger partial charge in [-0.05, 0) is 13.0 Å². The quantitative estimate of drug-likeness (QED) is 0.477. The van der Waals surface area contributed by atoms with Gasteiger partial charge in [0, 0.05) is 6.54 Å². The monoisotopic (exact) mass is 142 g/mol. The minimum Gasteiger partial charge on any atom is -0.444 e. The fourth-order valence-corrected chi connectivity index (χ4v) is 1.44. The van der Waals surface area contributed by atoms with E-state index < -0.39 is 0 Å². The van der Waals surface area contributed by atoms with Gasteiger partial charge in [-0.25, -0.2) is 4.79 Å². The largest absolute Gasteiger partial charge is 0.444 e. The first-order chi connectivity index (χ1) is 4.86. The predicted octanol–water partition coefficient (Wildman–Crippen LogP) is -0.543. The van der Waals surface area contributed by atoms with Gasteiger partial charge in [0.2, 0.25) is 0 Å². The molecule has 56 valence electrons. The van der Waals surface area contributed by atoms with Crippen LogP contribution in [0.25, 0.3) is 0 Å². The lowest BCUT2D eigenvalue weighted by atomic mass is 10.1. The van der Waals surface area contributed by atoms with E-state index in [1.165, 1.54) is 0 Å². The van der Waals surface area contributed by atoms with Crippen LogP contribution >= 0.6 is 0 Å². The second kappa shape index (κ2) is 2.12. The topological polar surface area (TPSA) is 50.4 Å². The average Bonchev–Trinajstić information content (AvgIpc) is 2.27. The predicted molar refractivity (Wildman–Crippen MR) is 34.7 cm³/mol. The summed E-state index contributed by atoms with van der Waals surface area (Å²) >= 11 is 0. The number of amides is 1. The highest BCUT2D eigenvalue weighted by Crippen LogP contribution is 2.13. The molecule has 0 radical (unpaired) electrons. The number of alkyl carbamates (subject to hydrolysis) is 1. The first kappa shape index (κ1) is 5.97. The third-order valence-corrected chi connectivity index (χ3v) is 1.98. The van der Waals surface area contributed by atoms with E-state index in [9.17, 15) is 4.79 Å². The Kier molecular flexibility index (Phi) is 1.27. The summed E-state index contributed by atoms with van der Waals surface area (Å²) in [5.74, 6) is 0. The van der Waals surface area contributed by atoms with Crippen LogP contribution in [0.15, 0.2) is 0 Å². The van der Waals surface area contributed by atoms with E-state index in [1.807, 2.05) is 0 Å². The normalized spacial score (nSPS) is 38.2. The minimum atomic E-state index is -0.265. The van der Waals surface area contributed by atoms with Gasteiger partial charge >= 0.3 is 6.09 Å². The van der Waals surface area contributed by atoms with Crippen molar-refractivity contribution < 1.29 is 9.53 Å². The van der Waals surface area contributed by atoms with Crippen molar-refractivity contribution in [3.05, 3.63) is 0 Å². The van der Waals surface area contributed by atoms with Crippen LogP contribution in [0.5, 0.6) is 0 Å². The Hall–Kier alpha value is -0.770. The molecule has 2 heterocycles. The Bertz CT molecular complexity index is 144. The van der Waals surface area contributed by atoms with Crippen LogP contribution in [0.1, 0.15) is 6.42 Å². The molecule has 0 aromatic heterocycles. The molecular formula is C6H10N2O2. The summed E-state index contributed by atoms with van der Waals surface area (Å²) in [4.78, 5) is 10.6. The summed E-state index contributed by atoms with van der Waals surface area (Å²) in [5.41, 5.74) is 0. The molecule has 2 fully saturated rings. The van der Waals surface area contributed by atoms with Gasteiger partial charge in [-0.2, -0.15) is 0 Å². The van der Waals surface area contributed by atoms with E-state index in [4.69, 9.17) is 4.74 Å². The zero-order chi connectivity index (χ0) is 6.97. The van der Waals surface area contributed by atoms with Gasteiger partial charge in [0.1, 0.15) is 6.10 Å². The number of ether oxygens (including phenoxy) is 1. The van der Waals surface area contributed by atoms with Crippen molar-refractivity contribution >= 4 is 6.09 Å². The summed E-state index contributed by atoms with van der Waals surface area (Å²) in [6.07, 6.45) is 0.788. The van der Waals surface area contributed by atoms with E-state index in [0.717, 1.165) is 19.5 Å². The van der Waals surface area contributed by atoms with E-state index in [1.54, 1.807) is 0 Å². The maximum atomic E-state index is 10.6. The van der Waals surface area contributed by atoms with E-state index in [-0.39, 0.29) is 18.2 Å². The number of hydrogen-bond acceptors (Lipinski definition) is 3. The highest BCUT2D eigenvalue weighted by molar-refractivity contribution is 5.70. The first-order valence-electron chi connectivity index (χ1n) is 3.54. The number of nitrogens with one attached hydrogen (secondary N) is 2. The first-order valence-corrected chi connectivity index (χ1v) is 3.54. The van der Waals surface area contributed by atoms with E-state index in [0.29, 0.717) is 0 Å². The fourth-order valence-electron chi connectivity index (χ4n) is 1.44. The van der Waals surface area contributed by atoms with Gasteiger partial charge in [-0.1, -0.05) is 0 Å². The SMILES string of the molecule is O=C1N[C@@H]2CNCC[C@H]2O1. The number of fused-ring (bicyclic) bond motifs is 1. The zero-order valence-electron chi connectivity index (χ0n) is 5.59. The van der Waals surface area contributed by atoms with E-state index >= 15 is 0 Å². The summed E-state index contributed by atoms with van der Waals surface area (Å²) in [6, 6.07) is 0.209. The molecule has 2 aliphatic rings. The van der Waals surface area contributed by atoms with Gasteiger partial charge in [0.25, 0.3) is 0 Å². The Morgan fingerprint density at radius 3 is 3.30 bits per heavy atom. The molecule has 0 aromatic carbocycles. The Morgan fingerprint density at radius 1 is 1.60 bits per heavy atom. The minimum absolute atomic E-state index is 0.119. The number of piperidine rings is 1. The van der Waals surface area contributed by atoms with Crippen molar-refractivity contribution in [1.82, 2.24) is 10.6 Å². The maximum absolute atomic E-state index is 10.6. The molecule has 0 spiro atoms. The molecule has 2 atom stereocenters. The van der Waals surface area contributed by atoms with Crippen LogP contribution in [-0.4, -0.2) is 31.3 Å². The maximum Gasteiger partial charge on any atom is 0.407 e. The summed E-state index contributed by atoms with van der Waals surface area (Å²) in [6.45, 7) is 1.80. The Balaban J connectivity index is 2.04. The number of carbonyl (C=O) groups is 1. The lowest BCUT2D eigenvalue weighted by Crippen LogP contribution is -2.46. The van der Waals surface area contributed by atoms with Gasteiger partial charge < -0.3 is 15.4 Å². The molecule has 0 aromatic rings. The molecular weight excluding hydrogens is 132 g/mol. The van der Waals surface area contributed by atoms with Gasteiger partial charge in [0.05, 0.1) is 6.04 Å². The standard InChI is InChI=1S/C6H10N2O2/c9-6-8-4-3-7-2-1-5(4)10-6/h4-5,7H,1-3H2,(H,8,9)/t4-,5-/m1/s1. The third-order valence-electron chi connectivity index (χ3n) is 1.98. The Morgan fingerprint density at radius 2 is 2.50 bits per heavy atom. The number of hydrogen-bond donors (Lipinski definition) is 2. The van der Waals surface area contributed by atoms with Crippen LogP contribution in [-0.2, 0) is 4.74 Å². The number of rotatable bonds is 0. The van der Waals surface area contributed by atoms with Crippen molar-refractivity contribution in [3.8, 4) is 0 Å². The smallest absolute Gasteiger partial charge is 0.407 e. The lowest BCUT2D eigenvalue weighted by Gasteiger charge is -2.22. The summed E-state index contributed by atoms with van der Waals surface area (Å²) in [7, 11) is 0.